The van der Waals surface area contributed by atoms with E-state index < -0.39 is 17.4 Å². The molecule has 0 saturated heterocycles. The van der Waals surface area contributed by atoms with E-state index in [1.54, 1.807) is 20.8 Å². The van der Waals surface area contributed by atoms with E-state index >= 15 is 0 Å². The van der Waals surface area contributed by atoms with Gasteiger partial charge < -0.3 is 10.1 Å². The normalized spacial score (nSPS) is 20.6. The van der Waals surface area contributed by atoms with Crippen LogP contribution < -0.4 is 5.32 Å². The maximum Gasteiger partial charge on any atom is 0.376 e. The van der Waals surface area contributed by atoms with Crippen molar-refractivity contribution in [3.05, 3.63) is 35.4 Å². The maximum absolute atomic E-state index is 11.9. The van der Waals surface area contributed by atoms with Gasteiger partial charge in [0.25, 0.3) is 5.78 Å². The van der Waals surface area contributed by atoms with E-state index in [2.05, 4.69) is 17.5 Å². The zero-order valence-electron chi connectivity index (χ0n) is 15.2. The predicted octanol–water partition coefficient (Wildman–Crippen LogP) is 3.08. The Kier molecular flexibility index (Phi) is 6.33. The summed E-state index contributed by atoms with van der Waals surface area (Å²) in [7, 11) is 0. The topological polar surface area (TPSA) is 79.2 Å². The average molecular weight is 342 g/mol. The van der Waals surface area contributed by atoms with Gasteiger partial charge in [-0.2, -0.15) is 5.26 Å². The number of benzene rings is 1. The summed E-state index contributed by atoms with van der Waals surface area (Å²) in [6.07, 6.45) is 3.91. The smallest absolute Gasteiger partial charge is 0.376 e. The Labute approximate surface area is 149 Å². The molecule has 0 bridgehead atoms. The number of carbonyl (C=O) groups excluding carboxylic acids is 2. The number of carbonyl (C=O) groups is 2. The zero-order valence-corrected chi connectivity index (χ0v) is 15.2. The summed E-state index contributed by atoms with van der Waals surface area (Å²) in [6.45, 7) is 5.25. The number of Topliss-reactive ketones (excluding diaryl/α,β-unsaturated/α-hetero) is 1. The number of nitrogens with zero attached hydrogens (tertiary/aromatic N) is 1. The molecular formula is C20H26N2O3. The molecule has 0 atom stereocenters. The van der Waals surface area contributed by atoms with Crippen LogP contribution in [0, 0.1) is 11.3 Å². The number of esters is 1. The zero-order chi connectivity index (χ0) is 18.4. The van der Waals surface area contributed by atoms with Crippen LogP contribution in [0.3, 0.4) is 0 Å². The molecule has 1 aromatic carbocycles. The summed E-state index contributed by atoms with van der Waals surface area (Å²) in [6, 6.07) is 10.2. The fourth-order valence-corrected chi connectivity index (χ4v) is 3.14. The Morgan fingerprint density at radius 3 is 2.52 bits per heavy atom. The second-order valence-electron chi connectivity index (χ2n) is 7.59. The Balaban J connectivity index is 1.78. The van der Waals surface area contributed by atoms with Crippen molar-refractivity contribution in [1.82, 2.24) is 5.32 Å². The highest BCUT2D eigenvalue weighted by molar-refractivity contribution is 6.34. The van der Waals surface area contributed by atoms with Crippen molar-refractivity contribution in [2.75, 3.05) is 6.54 Å². The lowest BCUT2D eigenvalue weighted by Crippen LogP contribution is -2.40. The van der Waals surface area contributed by atoms with Crippen molar-refractivity contribution >= 4 is 11.8 Å². The van der Waals surface area contributed by atoms with Crippen molar-refractivity contribution in [2.45, 2.75) is 64.0 Å². The van der Waals surface area contributed by atoms with Gasteiger partial charge in [0.2, 0.25) is 0 Å². The molecule has 0 radical (unpaired) electrons. The minimum Gasteiger partial charge on any atom is -0.454 e. The molecule has 0 spiro atoms. The van der Waals surface area contributed by atoms with Gasteiger partial charge in [0.15, 0.2) is 0 Å². The summed E-state index contributed by atoms with van der Waals surface area (Å²) in [5.41, 5.74) is 1.26. The molecule has 1 N–H and O–H groups in total. The molecule has 1 aliphatic rings. The molecular weight excluding hydrogens is 316 g/mol. The van der Waals surface area contributed by atoms with Crippen LogP contribution in [0.25, 0.3) is 0 Å². The van der Waals surface area contributed by atoms with Gasteiger partial charge in [-0.15, -0.1) is 0 Å². The van der Waals surface area contributed by atoms with Crippen LogP contribution in [0.5, 0.6) is 0 Å². The number of hydrogen-bond acceptors (Lipinski definition) is 5. The Hall–Kier alpha value is -2.19. The molecule has 1 fully saturated rings. The third-order valence-corrected chi connectivity index (χ3v) is 4.39. The minimum atomic E-state index is -0.776. The van der Waals surface area contributed by atoms with Crippen molar-refractivity contribution in [3.8, 4) is 6.07 Å². The average Bonchev–Trinajstić information content (AvgIpc) is 2.58. The number of nitrogens with one attached hydrogen (secondary N) is 1. The molecule has 1 aliphatic carbocycles. The van der Waals surface area contributed by atoms with Crippen LogP contribution in [0.4, 0.5) is 0 Å². The van der Waals surface area contributed by atoms with Crippen molar-refractivity contribution in [3.63, 3.8) is 0 Å². The first-order valence-corrected chi connectivity index (χ1v) is 8.78. The van der Waals surface area contributed by atoms with Gasteiger partial charge in [-0.25, -0.2) is 4.79 Å². The third kappa shape index (κ3) is 5.99. The van der Waals surface area contributed by atoms with E-state index in [0.717, 1.165) is 25.7 Å². The van der Waals surface area contributed by atoms with Gasteiger partial charge in [0.1, 0.15) is 5.60 Å². The van der Waals surface area contributed by atoms with Crippen LogP contribution in [-0.2, 0) is 14.3 Å². The molecule has 0 aromatic heterocycles. The molecule has 25 heavy (non-hydrogen) atoms. The van der Waals surface area contributed by atoms with Crippen LogP contribution in [-0.4, -0.2) is 29.9 Å². The predicted molar refractivity (Wildman–Crippen MR) is 95.0 cm³/mol. The molecule has 5 heteroatoms. The molecule has 1 saturated carbocycles. The van der Waals surface area contributed by atoms with Gasteiger partial charge in [-0.05, 0) is 70.1 Å². The van der Waals surface area contributed by atoms with Gasteiger partial charge in [0, 0.05) is 6.04 Å². The van der Waals surface area contributed by atoms with Crippen molar-refractivity contribution < 1.29 is 14.3 Å². The number of rotatable bonds is 5. The Morgan fingerprint density at radius 2 is 1.92 bits per heavy atom. The SMILES string of the molecule is CC(C)(C)OC(=O)C(=O)CNC1CCC(c2cccc(C#N)c2)CC1. The summed E-state index contributed by atoms with van der Waals surface area (Å²) in [5.74, 6) is -0.853. The minimum absolute atomic E-state index is 0.0220. The fourth-order valence-electron chi connectivity index (χ4n) is 3.14. The first-order chi connectivity index (χ1) is 11.8. The van der Waals surface area contributed by atoms with Crippen LogP contribution in [0.1, 0.15) is 63.5 Å². The molecule has 5 nitrogen and oxygen atoms in total. The summed E-state index contributed by atoms with van der Waals surface area (Å²) in [4.78, 5) is 23.5. The fraction of sp³-hybridized carbons (Fsp3) is 0.550. The second kappa shape index (κ2) is 8.26. The Morgan fingerprint density at radius 1 is 1.24 bits per heavy atom. The summed E-state index contributed by atoms with van der Waals surface area (Å²) >= 11 is 0. The number of hydrogen-bond donors (Lipinski definition) is 1. The lowest BCUT2D eigenvalue weighted by molar-refractivity contribution is -0.162. The molecule has 134 valence electrons. The monoisotopic (exact) mass is 342 g/mol. The van der Waals surface area contributed by atoms with Gasteiger partial charge in [-0.1, -0.05) is 12.1 Å². The maximum atomic E-state index is 11.9. The molecule has 1 aromatic rings. The number of nitriles is 1. The van der Waals surface area contributed by atoms with Crippen molar-refractivity contribution in [2.24, 2.45) is 0 Å². The second-order valence-corrected chi connectivity index (χ2v) is 7.59. The van der Waals surface area contributed by atoms with E-state index in [0.29, 0.717) is 11.5 Å². The standard InChI is InChI=1S/C20H26N2O3/c1-20(2,3)25-19(24)18(23)13-22-17-9-7-15(8-10-17)16-6-4-5-14(11-16)12-21/h4-6,11,15,17,22H,7-10,13H2,1-3H3. The van der Waals surface area contributed by atoms with Gasteiger partial charge >= 0.3 is 5.97 Å². The van der Waals surface area contributed by atoms with E-state index in [1.165, 1.54) is 5.56 Å². The van der Waals surface area contributed by atoms with Crippen LogP contribution in [0.2, 0.25) is 0 Å². The quantitative estimate of drug-likeness (QED) is 0.657. The molecule has 0 aliphatic heterocycles. The lowest BCUT2D eigenvalue weighted by Gasteiger charge is -2.29. The first-order valence-electron chi connectivity index (χ1n) is 8.78. The van der Waals surface area contributed by atoms with Crippen molar-refractivity contribution in [1.29, 1.82) is 5.26 Å². The highest BCUT2D eigenvalue weighted by atomic mass is 16.6. The molecule has 0 heterocycles. The lowest BCUT2D eigenvalue weighted by atomic mass is 9.81. The molecule has 0 amide bonds. The van der Waals surface area contributed by atoms with Crippen LogP contribution in [0.15, 0.2) is 24.3 Å². The largest absolute Gasteiger partial charge is 0.454 e. The van der Waals surface area contributed by atoms with Gasteiger partial charge in [-0.3, -0.25) is 4.79 Å². The third-order valence-electron chi connectivity index (χ3n) is 4.39. The van der Waals surface area contributed by atoms with Gasteiger partial charge in [0.05, 0.1) is 18.2 Å². The summed E-state index contributed by atoms with van der Waals surface area (Å²) in [5, 5.41) is 12.2. The van der Waals surface area contributed by atoms with E-state index in [-0.39, 0.29) is 12.6 Å². The number of ether oxygens (including phenoxy) is 1. The van der Waals surface area contributed by atoms with Crippen LogP contribution >= 0.6 is 0 Å². The Bertz CT molecular complexity index is 662. The highest BCUT2D eigenvalue weighted by Crippen LogP contribution is 2.33. The first kappa shape index (κ1) is 19.1. The highest BCUT2D eigenvalue weighted by Gasteiger charge is 2.26. The molecule has 0 unspecified atom stereocenters. The summed E-state index contributed by atoms with van der Waals surface area (Å²) < 4.78 is 5.08. The van der Waals surface area contributed by atoms with E-state index in [9.17, 15) is 9.59 Å². The number of ketones is 1. The van der Waals surface area contributed by atoms with E-state index in [4.69, 9.17) is 10.00 Å². The van der Waals surface area contributed by atoms with E-state index in [1.807, 2.05) is 18.2 Å². The molecule has 2 rings (SSSR count).